The zero-order valence-electron chi connectivity index (χ0n) is 18.0. The van der Waals surface area contributed by atoms with Gasteiger partial charge in [0.05, 0.1) is 12.5 Å². The Balaban J connectivity index is 1.61. The van der Waals surface area contributed by atoms with Crippen LogP contribution in [-0.2, 0) is 21.4 Å². The number of amides is 2. The third-order valence-electron chi connectivity index (χ3n) is 6.58. The van der Waals surface area contributed by atoms with Gasteiger partial charge in [0.1, 0.15) is 0 Å². The van der Waals surface area contributed by atoms with Crippen molar-refractivity contribution < 1.29 is 19.8 Å². The largest absolute Gasteiger partial charge is 0.393 e. The van der Waals surface area contributed by atoms with Crippen molar-refractivity contribution in [3.63, 3.8) is 0 Å². The van der Waals surface area contributed by atoms with Crippen LogP contribution in [0.4, 0.5) is 11.4 Å². The molecule has 3 aromatic rings. The molecule has 1 aromatic heterocycles. The first kappa shape index (κ1) is 21.6. The standard InChI is InChI=1S/C26H24N2O4S/c1-15-9-11-33-22(15)13-26(10-8-16-4-2-3-5-19(16)26)23-18-12-17(27-24(31)21(30)14-29)6-7-20(18)28-25(23)32/h2-12,21,23,29-30H,13-14H2,1H3,(H,27,31)(H,28,32). The van der Waals surface area contributed by atoms with Crippen molar-refractivity contribution in [3.8, 4) is 0 Å². The van der Waals surface area contributed by atoms with Gasteiger partial charge in [0, 0.05) is 21.7 Å². The second-order valence-corrected chi connectivity index (χ2v) is 9.58. The van der Waals surface area contributed by atoms with Crippen LogP contribution in [-0.4, -0.2) is 34.7 Å². The maximum absolute atomic E-state index is 13.4. The molecule has 3 atom stereocenters. The summed E-state index contributed by atoms with van der Waals surface area (Å²) in [4.78, 5) is 26.8. The third kappa shape index (κ3) is 3.58. The second kappa shape index (κ2) is 8.26. The van der Waals surface area contributed by atoms with Crippen LogP contribution < -0.4 is 10.6 Å². The Morgan fingerprint density at radius 3 is 2.82 bits per heavy atom. The summed E-state index contributed by atoms with van der Waals surface area (Å²) in [6, 6.07) is 15.5. The number of hydrogen-bond donors (Lipinski definition) is 4. The summed E-state index contributed by atoms with van der Waals surface area (Å²) in [5, 5.41) is 26.4. The van der Waals surface area contributed by atoms with E-state index >= 15 is 0 Å². The lowest BCUT2D eigenvalue weighted by atomic mass is 9.66. The van der Waals surface area contributed by atoms with Gasteiger partial charge in [-0.1, -0.05) is 36.4 Å². The molecule has 2 aliphatic rings. The van der Waals surface area contributed by atoms with Crippen molar-refractivity contribution in [2.24, 2.45) is 0 Å². The average Bonchev–Trinajstić information content (AvgIpc) is 3.48. The molecule has 1 aliphatic carbocycles. The van der Waals surface area contributed by atoms with Crippen molar-refractivity contribution in [2.45, 2.75) is 30.8 Å². The Labute approximate surface area is 195 Å². The van der Waals surface area contributed by atoms with E-state index in [4.69, 9.17) is 5.11 Å². The van der Waals surface area contributed by atoms with Gasteiger partial charge in [0.2, 0.25) is 5.91 Å². The van der Waals surface area contributed by atoms with Gasteiger partial charge in [-0.05, 0) is 65.2 Å². The molecule has 5 rings (SSSR count). The van der Waals surface area contributed by atoms with E-state index in [1.54, 1.807) is 29.5 Å². The van der Waals surface area contributed by atoms with Crippen LogP contribution in [0.3, 0.4) is 0 Å². The maximum atomic E-state index is 13.4. The number of nitrogens with one attached hydrogen (secondary N) is 2. The number of fused-ring (bicyclic) bond motifs is 2. The Morgan fingerprint density at radius 2 is 2.06 bits per heavy atom. The molecule has 0 radical (unpaired) electrons. The van der Waals surface area contributed by atoms with Crippen LogP contribution in [0.1, 0.15) is 33.0 Å². The highest BCUT2D eigenvalue weighted by Gasteiger charge is 2.50. The molecule has 0 saturated carbocycles. The van der Waals surface area contributed by atoms with Crippen LogP contribution in [0.5, 0.6) is 0 Å². The Morgan fingerprint density at radius 1 is 1.24 bits per heavy atom. The number of benzene rings is 2. The van der Waals surface area contributed by atoms with Gasteiger partial charge in [-0.3, -0.25) is 9.59 Å². The summed E-state index contributed by atoms with van der Waals surface area (Å²) in [6.45, 7) is 1.43. The van der Waals surface area contributed by atoms with Crippen LogP contribution in [0, 0.1) is 6.92 Å². The molecule has 2 aromatic carbocycles. The lowest BCUT2D eigenvalue weighted by Gasteiger charge is -2.34. The summed E-state index contributed by atoms with van der Waals surface area (Å²) in [5.41, 5.74) is 4.81. The lowest BCUT2D eigenvalue weighted by molar-refractivity contribution is -0.125. The van der Waals surface area contributed by atoms with Crippen molar-refractivity contribution >= 4 is 40.6 Å². The molecule has 2 heterocycles. The third-order valence-corrected chi connectivity index (χ3v) is 7.61. The molecule has 0 spiro atoms. The number of aryl methyl sites for hydroxylation is 1. The molecule has 1 aliphatic heterocycles. The topological polar surface area (TPSA) is 98.7 Å². The minimum Gasteiger partial charge on any atom is -0.393 e. The number of carbonyl (C=O) groups is 2. The van der Waals surface area contributed by atoms with Crippen LogP contribution in [0.25, 0.3) is 6.08 Å². The second-order valence-electron chi connectivity index (χ2n) is 8.58. The van der Waals surface area contributed by atoms with Crippen molar-refractivity contribution in [3.05, 3.63) is 87.1 Å². The van der Waals surface area contributed by atoms with Gasteiger partial charge in [0.15, 0.2) is 6.10 Å². The van der Waals surface area contributed by atoms with Crippen LogP contribution in [0.2, 0.25) is 0 Å². The highest BCUT2D eigenvalue weighted by molar-refractivity contribution is 7.10. The van der Waals surface area contributed by atoms with Gasteiger partial charge >= 0.3 is 0 Å². The maximum Gasteiger partial charge on any atom is 0.255 e. The van der Waals surface area contributed by atoms with Crippen LogP contribution >= 0.6 is 11.3 Å². The fourth-order valence-electron chi connectivity index (χ4n) is 4.91. The van der Waals surface area contributed by atoms with Gasteiger partial charge in [0.25, 0.3) is 5.91 Å². The average molecular weight is 461 g/mol. The summed E-state index contributed by atoms with van der Waals surface area (Å²) in [6.07, 6.45) is 3.41. The molecule has 3 unspecified atom stereocenters. The molecule has 0 saturated heterocycles. The molecule has 6 nitrogen and oxygen atoms in total. The van der Waals surface area contributed by atoms with Gasteiger partial charge in [-0.15, -0.1) is 11.3 Å². The van der Waals surface area contributed by atoms with E-state index in [-0.39, 0.29) is 5.91 Å². The number of anilines is 2. The minimum atomic E-state index is -1.51. The zero-order chi connectivity index (χ0) is 23.2. The normalized spacial score (nSPS) is 21.4. The molecule has 0 bridgehead atoms. The quantitative estimate of drug-likeness (QED) is 0.452. The molecule has 7 heteroatoms. The molecule has 168 valence electrons. The predicted molar refractivity (Wildman–Crippen MR) is 129 cm³/mol. The first-order valence-electron chi connectivity index (χ1n) is 10.8. The van der Waals surface area contributed by atoms with E-state index in [1.807, 2.05) is 12.1 Å². The van der Waals surface area contributed by atoms with E-state index in [1.165, 1.54) is 10.4 Å². The first-order chi connectivity index (χ1) is 15.9. The van der Waals surface area contributed by atoms with E-state index in [2.05, 4.69) is 53.3 Å². The van der Waals surface area contributed by atoms with Gasteiger partial charge in [-0.25, -0.2) is 0 Å². The molecular weight excluding hydrogens is 436 g/mol. The Kier molecular flexibility index (Phi) is 5.40. The summed E-state index contributed by atoms with van der Waals surface area (Å²) < 4.78 is 0. The highest BCUT2D eigenvalue weighted by atomic mass is 32.1. The van der Waals surface area contributed by atoms with Crippen molar-refractivity contribution in [1.29, 1.82) is 0 Å². The minimum absolute atomic E-state index is 0.0839. The molecule has 0 fully saturated rings. The Bertz CT molecular complexity index is 1280. The summed E-state index contributed by atoms with van der Waals surface area (Å²) in [7, 11) is 0. The number of thiophene rings is 1. The van der Waals surface area contributed by atoms with Crippen molar-refractivity contribution in [2.75, 3.05) is 17.2 Å². The number of rotatable bonds is 6. The Hall–Kier alpha value is -3.26. The monoisotopic (exact) mass is 460 g/mol. The highest BCUT2D eigenvalue weighted by Crippen LogP contribution is 2.53. The van der Waals surface area contributed by atoms with E-state index in [9.17, 15) is 14.7 Å². The molecular formula is C26H24N2O4S. The fourth-order valence-corrected chi connectivity index (χ4v) is 5.93. The lowest BCUT2D eigenvalue weighted by Crippen LogP contribution is -2.37. The van der Waals surface area contributed by atoms with Crippen molar-refractivity contribution in [1.82, 2.24) is 0 Å². The zero-order valence-corrected chi connectivity index (χ0v) is 18.9. The summed E-state index contributed by atoms with van der Waals surface area (Å²) >= 11 is 1.69. The van der Waals surface area contributed by atoms with E-state index in [0.717, 1.165) is 16.7 Å². The van der Waals surface area contributed by atoms with Crippen LogP contribution in [0.15, 0.2) is 60.0 Å². The van der Waals surface area contributed by atoms with Gasteiger partial charge < -0.3 is 20.8 Å². The summed E-state index contributed by atoms with van der Waals surface area (Å²) in [5.74, 6) is -1.27. The number of hydrogen-bond acceptors (Lipinski definition) is 5. The molecule has 4 N–H and O–H groups in total. The number of allylic oxidation sites excluding steroid dienone is 1. The van der Waals surface area contributed by atoms with E-state index < -0.39 is 30.0 Å². The SMILES string of the molecule is Cc1ccsc1CC1(C2C(=O)Nc3ccc(NC(=O)C(O)CO)cc32)C=Cc2ccccc21. The first-order valence-corrected chi connectivity index (χ1v) is 11.7. The van der Waals surface area contributed by atoms with Gasteiger partial charge in [-0.2, -0.15) is 0 Å². The number of carbonyl (C=O) groups excluding carboxylic acids is 2. The molecule has 2 amide bonds. The number of aliphatic hydroxyl groups is 2. The van der Waals surface area contributed by atoms with E-state index in [0.29, 0.717) is 17.8 Å². The number of aliphatic hydroxyl groups excluding tert-OH is 2. The molecule has 33 heavy (non-hydrogen) atoms. The predicted octanol–water partition coefficient (Wildman–Crippen LogP) is 3.59. The smallest absolute Gasteiger partial charge is 0.255 e. The fraction of sp³-hybridized carbons (Fsp3) is 0.231.